The minimum atomic E-state index is 0.540. The van der Waals surface area contributed by atoms with Crippen molar-refractivity contribution < 1.29 is 0 Å². The molecule has 6 nitrogen and oxygen atoms in total. The molecule has 0 aromatic carbocycles. The van der Waals surface area contributed by atoms with Gasteiger partial charge in [0.2, 0.25) is 5.95 Å². The van der Waals surface area contributed by atoms with Gasteiger partial charge < -0.3 is 20.0 Å². The third kappa shape index (κ3) is 4.82. The summed E-state index contributed by atoms with van der Waals surface area (Å²) in [5, 5.41) is 3.35. The van der Waals surface area contributed by atoms with Crippen LogP contribution in [0.1, 0.15) is 12.8 Å². The molecule has 21 heavy (non-hydrogen) atoms. The molecule has 6 heteroatoms. The molecule has 118 valence electrons. The first-order chi connectivity index (χ1) is 10.1. The van der Waals surface area contributed by atoms with Gasteiger partial charge in [0.15, 0.2) is 0 Å². The summed E-state index contributed by atoms with van der Waals surface area (Å²) >= 11 is 0. The maximum Gasteiger partial charge on any atom is 0.227 e. The molecule has 0 aliphatic carbocycles. The summed E-state index contributed by atoms with van der Waals surface area (Å²) in [4.78, 5) is 15.8. The zero-order chi connectivity index (χ0) is 15.2. The van der Waals surface area contributed by atoms with E-state index in [0.29, 0.717) is 6.04 Å². The number of nitrogens with zero attached hydrogens (tertiary/aromatic N) is 5. The van der Waals surface area contributed by atoms with Crippen LogP contribution < -0.4 is 10.2 Å². The molecular formula is C15H28N6. The van der Waals surface area contributed by atoms with Crippen molar-refractivity contribution in [3.8, 4) is 0 Å². The van der Waals surface area contributed by atoms with Crippen LogP contribution in [0.5, 0.6) is 0 Å². The largest absolute Gasteiger partial charge is 0.369 e. The highest BCUT2D eigenvalue weighted by Gasteiger charge is 2.22. The maximum atomic E-state index is 4.64. The molecule has 1 saturated heterocycles. The first-order valence-electron chi connectivity index (χ1n) is 7.69. The van der Waals surface area contributed by atoms with Gasteiger partial charge in [0.1, 0.15) is 5.82 Å². The van der Waals surface area contributed by atoms with Gasteiger partial charge in [0.25, 0.3) is 0 Å². The molecule has 1 aliphatic heterocycles. The van der Waals surface area contributed by atoms with Gasteiger partial charge in [-0.25, -0.2) is 4.98 Å². The Morgan fingerprint density at radius 1 is 1.29 bits per heavy atom. The number of hydrogen-bond donors (Lipinski definition) is 1. The van der Waals surface area contributed by atoms with Gasteiger partial charge in [-0.3, -0.25) is 0 Å². The minimum absolute atomic E-state index is 0.540. The zero-order valence-corrected chi connectivity index (χ0v) is 13.7. The van der Waals surface area contributed by atoms with Gasteiger partial charge in [-0.2, -0.15) is 4.98 Å². The lowest BCUT2D eigenvalue weighted by Gasteiger charge is -2.35. The van der Waals surface area contributed by atoms with E-state index in [1.165, 1.54) is 12.8 Å². The minimum Gasteiger partial charge on any atom is -0.369 e. The van der Waals surface area contributed by atoms with Crippen LogP contribution in [0.4, 0.5) is 11.8 Å². The Hall–Kier alpha value is -1.40. The average molecular weight is 292 g/mol. The fourth-order valence-corrected chi connectivity index (χ4v) is 2.57. The van der Waals surface area contributed by atoms with Crippen LogP contribution in [-0.2, 0) is 0 Å². The summed E-state index contributed by atoms with van der Waals surface area (Å²) in [5.74, 6) is 1.72. The van der Waals surface area contributed by atoms with Crippen molar-refractivity contribution in [3.05, 3.63) is 12.3 Å². The molecule has 1 aromatic rings. The van der Waals surface area contributed by atoms with Crippen LogP contribution in [0.2, 0.25) is 0 Å². The van der Waals surface area contributed by atoms with Crippen LogP contribution in [-0.4, -0.2) is 80.2 Å². The topological polar surface area (TPSA) is 47.5 Å². The van der Waals surface area contributed by atoms with Crippen molar-refractivity contribution in [3.63, 3.8) is 0 Å². The van der Waals surface area contributed by atoms with E-state index in [2.05, 4.69) is 58.2 Å². The van der Waals surface area contributed by atoms with Gasteiger partial charge in [0.05, 0.1) is 0 Å². The van der Waals surface area contributed by atoms with Crippen LogP contribution in [0.15, 0.2) is 12.3 Å². The summed E-state index contributed by atoms with van der Waals surface area (Å²) in [6, 6.07) is 2.47. The van der Waals surface area contributed by atoms with E-state index in [0.717, 1.165) is 37.9 Å². The predicted octanol–water partition coefficient (Wildman–Crippen LogP) is 0.981. The Kier molecular flexibility index (Phi) is 5.76. The van der Waals surface area contributed by atoms with E-state index in [1.54, 1.807) is 0 Å². The van der Waals surface area contributed by atoms with Gasteiger partial charge >= 0.3 is 0 Å². The Bertz CT molecular complexity index is 428. The first kappa shape index (κ1) is 16.0. The number of likely N-dealkylation sites (tertiary alicyclic amines) is 1. The van der Waals surface area contributed by atoms with E-state index in [4.69, 9.17) is 0 Å². The van der Waals surface area contributed by atoms with Gasteiger partial charge in [-0.05, 0) is 53.1 Å². The first-order valence-corrected chi connectivity index (χ1v) is 7.69. The summed E-state index contributed by atoms with van der Waals surface area (Å²) in [6.45, 7) is 4.18. The number of nitrogens with one attached hydrogen (secondary N) is 1. The van der Waals surface area contributed by atoms with E-state index in [9.17, 15) is 0 Å². The molecule has 0 saturated carbocycles. The van der Waals surface area contributed by atoms with Crippen molar-refractivity contribution >= 4 is 11.8 Å². The molecule has 0 amide bonds. The Balaban J connectivity index is 1.93. The van der Waals surface area contributed by atoms with Crippen molar-refractivity contribution in [2.75, 3.05) is 64.6 Å². The quantitative estimate of drug-likeness (QED) is 0.843. The third-order valence-electron chi connectivity index (χ3n) is 4.06. The second-order valence-electron chi connectivity index (χ2n) is 6.12. The Labute approximate surface area is 128 Å². The second-order valence-corrected chi connectivity index (χ2v) is 6.12. The smallest absolute Gasteiger partial charge is 0.227 e. The predicted molar refractivity (Wildman–Crippen MR) is 88.0 cm³/mol. The van der Waals surface area contributed by atoms with Gasteiger partial charge in [-0.15, -0.1) is 0 Å². The average Bonchev–Trinajstić information content (AvgIpc) is 2.47. The molecule has 2 rings (SSSR count). The Morgan fingerprint density at radius 2 is 2.00 bits per heavy atom. The molecule has 1 aromatic heterocycles. The van der Waals surface area contributed by atoms with Crippen molar-refractivity contribution in [2.24, 2.45) is 0 Å². The van der Waals surface area contributed by atoms with Crippen LogP contribution >= 0.6 is 0 Å². The number of likely N-dealkylation sites (N-methyl/N-ethyl adjacent to an activating group) is 1. The van der Waals surface area contributed by atoms with E-state index < -0.39 is 0 Å². The maximum absolute atomic E-state index is 4.64. The number of hydrogen-bond acceptors (Lipinski definition) is 6. The summed E-state index contributed by atoms with van der Waals surface area (Å²) < 4.78 is 0. The fraction of sp³-hybridized carbons (Fsp3) is 0.733. The van der Waals surface area contributed by atoms with Crippen molar-refractivity contribution in [1.82, 2.24) is 19.8 Å². The Morgan fingerprint density at radius 3 is 2.67 bits per heavy atom. The lowest BCUT2D eigenvalue weighted by molar-refractivity contribution is 0.252. The molecule has 0 atom stereocenters. The highest BCUT2D eigenvalue weighted by molar-refractivity contribution is 5.41. The molecule has 0 spiro atoms. The van der Waals surface area contributed by atoms with E-state index in [1.807, 2.05) is 12.3 Å². The van der Waals surface area contributed by atoms with Gasteiger partial charge in [0, 0.05) is 32.4 Å². The SMILES string of the molecule is CN(C)CCNc1ccnc(N(C)C2CCN(C)CC2)n1. The van der Waals surface area contributed by atoms with Crippen LogP contribution in [0.25, 0.3) is 0 Å². The van der Waals surface area contributed by atoms with Crippen LogP contribution in [0, 0.1) is 0 Å². The second kappa shape index (κ2) is 7.56. The highest BCUT2D eigenvalue weighted by Crippen LogP contribution is 2.19. The molecular weight excluding hydrogens is 264 g/mol. The van der Waals surface area contributed by atoms with Gasteiger partial charge in [-0.1, -0.05) is 0 Å². The standard InChI is InChI=1S/C15H28N6/c1-19(2)12-9-16-14-5-8-17-15(18-14)21(4)13-6-10-20(3)11-7-13/h5,8,13H,6-7,9-12H2,1-4H3,(H,16,17,18). The molecule has 1 fully saturated rings. The number of aromatic nitrogens is 2. The van der Waals surface area contributed by atoms with E-state index in [-0.39, 0.29) is 0 Å². The monoisotopic (exact) mass is 292 g/mol. The molecule has 1 aliphatic rings. The summed E-state index contributed by atoms with van der Waals surface area (Å²) in [7, 11) is 8.43. The third-order valence-corrected chi connectivity index (χ3v) is 4.06. The normalized spacial score (nSPS) is 17.2. The molecule has 0 radical (unpaired) electrons. The van der Waals surface area contributed by atoms with Crippen molar-refractivity contribution in [2.45, 2.75) is 18.9 Å². The molecule has 1 N–H and O–H groups in total. The lowest BCUT2D eigenvalue weighted by Crippen LogP contribution is -2.42. The highest BCUT2D eigenvalue weighted by atomic mass is 15.3. The fourth-order valence-electron chi connectivity index (χ4n) is 2.57. The molecule has 0 unspecified atom stereocenters. The number of rotatable bonds is 6. The summed E-state index contributed by atoms with van der Waals surface area (Å²) in [5.41, 5.74) is 0. The lowest BCUT2D eigenvalue weighted by atomic mass is 10.0. The zero-order valence-electron chi connectivity index (χ0n) is 13.7. The number of anilines is 2. The summed E-state index contributed by atoms with van der Waals surface area (Å²) in [6.07, 6.45) is 4.19. The number of piperidine rings is 1. The molecule has 2 heterocycles. The van der Waals surface area contributed by atoms with Crippen LogP contribution in [0.3, 0.4) is 0 Å². The molecule has 0 bridgehead atoms. The van der Waals surface area contributed by atoms with E-state index >= 15 is 0 Å². The van der Waals surface area contributed by atoms with Crippen molar-refractivity contribution in [1.29, 1.82) is 0 Å².